The number of nitrogens with zero attached hydrogens (tertiary/aromatic N) is 3. The molecule has 0 amide bonds. The monoisotopic (exact) mass is 335 g/mol. The number of aliphatic hydroxyl groups excluding tert-OH is 1. The molecule has 128 valence electrons. The second-order valence-electron chi connectivity index (χ2n) is 5.92. The number of rotatable bonds is 6. The molecule has 0 fully saturated rings. The largest absolute Gasteiger partial charge is 0.394 e. The molecule has 0 aliphatic carbocycles. The smallest absolute Gasteiger partial charge is 0.225 e. The molecule has 0 aliphatic rings. The zero-order valence-electron chi connectivity index (χ0n) is 14.3. The third kappa shape index (κ3) is 4.51. The fourth-order valence-corrected chi connectivity index (χ4v) is 2.30. The molecule has 0 radical (unpaired) electrons. The second-order valence-corrected chi connectivity index (χ2v) is 5.92. The maximum absolute atomic E-state index is 9.27. The van der Waals surface area contributed by atoms with Crippen LogP contribution < -0.4 is 10.6 Å². The van der Waals surface area contributed by atoms with Gasteiger partial charge in [-0.2, -0.15) is 4.98 Å². The van der Waals surface area contributed by atoms with Gasteiger partial charge < -0.3 is 15.7 Å². The summed E-state index contributed by atoms with van der Waals surface area (Å²) in [5.74, 6) is 1.14. The Kier molecular flexibility index (Phi) is 5.20. The van der Waals surface area contributed by atoms with E-state index >= 15 is 0 Å². The Balaban J connectivity index is 1.95. The predicted molar refractivity (Wildman–Crippen MR) is 99.9 cm³/mol. The Labute approximate surface area is 147 Å². The molecular weight excluding hydrogens is 314 g/mol. The normalized spacial score (nSPS) is 11.8. The van der Waals surface area contributed by atoms with E-state index in [-0.39, 0.29) is 12.6 Å². The first-order valence-corrected chi connectivity index (χ1v) is 8.14. The number of aliphatic hydroxyl groups is 1. The van der Waals surface area contributed by atoms with E-state index in [9.17, 15) is 5.11 Å². The first-order valence-electron chi connectivity index (χ1n) is 8.14. The summed E-state index contributed by atoms with van der Waals surface area (Å²) in [4.78, 5) is 13.1. The number of aryl methyl sites for hydroxylation is 1. The number of nitrogens with one attached hydrogen (secondary N) is 2. The Hall–Kier alpha value is -2.99. The molecule has 6 nitrogen and oxygen atoms in total. The Morgan fingerprint density at radius 3 is 2.44 bits per heavy atom. The van der Waals surface area contributed by atoms with E-state index < -0.39 is 0 Å². The summed E-state index contributed by atoms with van der Waals surface area (Å²) in [7, 11) is 0. The summed E-state index contributed by atoms with van der Waals surface area (Å²) < 4.78 is 0. The van der Waals surface area contributed by atoms with Gasteiger partial charge in [0.25, 0.3) is 0 Å². The van der Waals surface area contributed by atoms with Crippen LogP contribution in [-0.2, 0) is 0 Å². The molecule has 3 aromatic rings. The second kappa shape index (κ2) is 7.72. The first kappa shape index (κ1) is 16.9. The Morgan fingerprint density at radius 2 is 1.76 bits per heavy atom. The van der Waals surface area contributed by atoms with E-state index in [1.807, 2.05) is 56.3 Å². The van der Waals surface area contributed by atoms with Crippen molar-refractivity contribution in [2.45, 2.75) is 19.9 Å². The van der Waals surface area contributed by atoms with Crippen LogP contribution in [0.3, 0.4) is 0 Å². The molecule has 2 heterocycles. The molecule has 0 saturated heterocycles. The molecule has 2 aromatic heterocycles. The van der Waals surface area contributed by atoms with E-state index in [1.54, 1.807) is 12.4 Å². The van der Waals surface area contributed by atoms with Crippen LogP contribution in [0, 0.1) is 6.92 Å². The Morgan fingerprint density at radius 1 is 1.04 bits per heavy atom. The molecule has 3 N–H and O–H groups in total. The summed E-state index contributed by atoms with van der Waals surface area (Å²) in [5, 5.41) is 15.7. The molecule has 0 bridgehead atoms. The molecule has 0 spiro atoms. The van der Waals surface area contributed by atoms with Crippen molar-refractivity contribution in [2.75, 3.05) is 17.2 Å². The van der Waals surface area contributed by atoms with Crippen LogP contribution in [0.2, 0.25) is 0 Å². The van der Waals surface area contributed by atoms with Crippen molar-refractivity contribution < 1.29 is 5.11 Å². The van der Waals surface area contributed by atoms with Gasteiger partial charge >= 0.3 is 0 Å². The van der Waals surface area contributed by atoms with Crippen LogP contribution in [0.15, 0.2) is 54.9 Å². The lowest BCUT2D eigenvalue weighted by atomic mass is 10.2. The first-order chi connectivity index (χ1) is 12.1. The predicted octanol–water partition coefficient (Wildman–Crippen LogP) is 3.38. The highest BCUT2D eigenvalue weighted by atomic mass is 16.3. The number of hydrogen-bond donors (Lipinski definition) is 3. The number of pyridine rings is 1. The van der Waals surface area contributed by atoms with Crippen molar-refractivity contribution in [1.82, 2.24) is 15.0 Å². The van der Waals surface area contributed by atoms with Gasteiger partial charge in [-0.25, -0.2) is 4.98 Å². The van der Waals surface area contributed by atoms with Crippen LogP contribution in [0.5, 0.6) is 0 Å². The Bertz CT molecular complexity index is 821. The van der Waals surface area contributed by atoms with Crippen LogP contribution >= 0.6 is 0 Å². The number of benzene rings is 1. The lowest BCUT2D eigenvalue weighted by Crippen LogP contribution is -2.21. The molecule has 0 unspecified atom stereocenters. The van der Waals surface area contributed by atoms with Gasteiger partial charge in [0.1, 0.15) is 5.82 Å². The van der Waals surface area contributed by atoms with Crippen molar-refractivity contribution in [3.63, 3.8) is 0 Å². The molecular formula is C19H21N5O. The van der Waals surface area contributed by atoms with E-state index in [1.165, 1.54) is 5.56 Å². The summed E-state index contributed by atoms with van der Waals surface area (Å²) >= 11 is 0. The average molecular weight is 335 g/mol. The van der Waals surface area contributed by atoms with Gasteiger partial charge in [0.2, 0.25) is 5.95 Å². The molecule has 1 aromatic carbocycles. The minimum Gasteiger partial charge on any atom is -0.394 e. The minimum absolute atomic E-state index is 0.00354. The lowest BCUT2D eigenvalue weighted by Gasteiger charge is -2.14. The number of anilines is 3. The highest BCUT2D eigenvalue weighted by molar-refractivity contribution is 5.67. The summed E-state index contributed by atoms with van der Waals surface area (Å²) in [5.41, 5.74) is 3.87. The molecule has 0 aliphatic heterocycles. The van der Waals surface area contributed by atoms with E-state index in [2.05, 4.69) is 25.6 Å². The third-order valence-corrected chi connectivity index (χ3v) is 3.68. The fraction of sp³-hybridized carbons (Fsp3) is 0.211. The van der Waals surface area contributed by atoms with Gasteiger partial charge in [0, 0.05) is 35.8 Å². The maximum Gasteiger partial charge on any atom is 0.225 e. The molecule has 3 rings (SSSR count). The molecule has 6 heteroatoms. The van der Waals surface area contributed by atoms with Gasteiger partial charge in [-0.1, -0.05) is 17.7 Å². The quantitative estimate of drug-likeness (QED) is 0.640. The van der Waals surface area contributed by atoms with Gasteiger partial charge in [0.05, 0.1) is 12.3 Å². The van der Waals surface area contributed by atoms with Gasteiger partial charge in [0.15, 0.2) is 0 Å². The van der Waals surface area contributed by atoms with E-state index in [0.29, 0.717) is 11.8 Å². The molecule has 0 saturated carbocycles. The summed E-state index contributed by atoms with van der Waals surface area (Å²) in [6.45, 7) is 3.92. The minimum atomic E-state index is -0.139. The molecule has 1 atom stereocenters. The highest BCUT2D eigenvalue weighted by Gasteiger charge is 2.09. The van der Waals surface area contributed by atoms with E-state index in [4.69, 9.17) is 0 Å². The zero-order valence-corrected chi connectivity index (χ0v) is 14.3. The maximum atomic E-state index is 9.27. The van der Waals surface area contributed by atoms with Gasteiger partial charge in [-0.3, -0.25) is 4.98 Å². The number of aromatic nitrogens is 3. The average Bonchev–Trinajstić information content (AvgIpc) is 2.64. The fourth-order valence-electron chi connectivity index (χ4n) is 2.30. The van der Waals surface area contributed by atoms with Crippen molar-refractivity contribution in [2.24, 2.45) is 0 Å². The lowest BCUT2D eigenvalue weighted by molar-refractivity contribution is 0.281. The van der Waals surface area contributed by atoms with Crippen molar-refractivity contribution in [1.29, 1.82) is 0 Å². The van der Waals surface area contributed by atoms with Crippen molar-refractivity contribution in [3.05, 3.63) is 60.4 Å². The standard InChI is InChI=1S/C19H21N5O/c1-13-3-5-16(6-4-13)22-18-11-17(15-7-9-20-10-8-15)23-19(24-18)21-14(2)12-25/h3-11,14,25H,12H2,1-2H3,(H2,21,22,23,24)/t14-/m0/s1. The van der Waals surface area contributed by atoms with Crippen LogP contribution in [0.4, 0.5) is 17.5 Å². The third-order valence-electron chi connectivity index (χ3n) is 3.68. The number of hydrogen-bond acceptors (Lipinski definition) is 6. The van der Waals surface area contributed by atoms with E-state index in [0.717, 1.165) is 16.9 Å². The van der Waals surface area contributed by atoms with Crippen molar-refractivity contribution >= 4 is 17.5 Å². The van der Waals surface area contributed by atoms with Gasteiger partial charge in [-0.15, -0.1) is 0 Å². The van der Waals surface area contributed by atoms with Crippen molar-refractivity contribution in [3.8, 4) is 11.3 Å². The molecule has 25 heavy (non-hydrogen) atoms. The zero-order chi connectivity index (χ0) is 17.6. The van der Waals surface area contributed by atoms with Gasteiger partial charge in [-0.05, 0) is 38.1 Å². The summed E-state index contributed by atoms with van der Waals surface area (Å²) in [6, 6.07) is 13.7. The topological polar surface area (TPSA) is 83.0 Å². The van der Waals surface area contributed by atoms with Crippen LogP contribution in [-0.4, -0.2) is 32.7 Å². The highest BCUT2D eigenvalue weighted by Crippen LogP contribution is 2.23. The SMILES string of the molecule is Cc1ccc(Nc2cc(-c3ccncc3)nc(N[C@@H](C)CO)n2)cc1. The summed E-state index contributed by atoms with van der Waals surface area (Å²) in [6.07, 6.45) is 3.46. The van der Waals surface area contributed by atoms with Crippen LogP contribution in [0.25, 0.3) is 11.3 Å². The van der Waals surface area contributed by atoms with Crippen LogP contribution in [0.1, 0.15) is 12.5 Å².